The lowest BCUT2D eigenvalue weighted by Gasteiger charge is -2.45. The van der Waals surface area contributed by atoms with Crippen LogP contribution in [0.15, 0.2) is 35.5 Å². The number of hydrogen-bond donors (Lipinski definition) is 2. The van der Waals surface area contributed by atoms with Crippen LogP contribution in [0.25, 0.3) is 0 Å². The van der Waals surface area contributed by atoms with E-state index in [4.69, 9.17) is 15.7 Å². The highest BCUT2D eigenvalue weighted by Crippen LogP contribution is 2.59. The molecule has 3 fully saturated rings. The molecule has 0 bridgehead atoms. The first kappa shape index (κ1) is 37.9. The summed E-state index contributed by atoms with van der Waals surface area (Å²) >= 11 is 0. The van der Waals surface area contributed by atoms with Crippen LogP contribution < -0.4 is 0 Å². The van der Waals surface area contributed by atoms with Gasteiger partial charge in [0, 0.05) is 12.7 Å². The minimum atomic E-state index is -2.35. The van der Waals surface area contributed by atoms with E-state index in [-0.39, 0.29) is 27.7 Å². The maximum absolute atomic E-state index is 11.2. The predicted octanol–water partition coefficient (Wildman–Crippen LogP) is 10.3. The van der Waals surface area contributed by atoms with Gasteiger partial charge in [0.05, 0.1) is 11.7 Å². The van der Waals surface area contributed by atoms with Crippen LogP contribution in [0, 0.1) is 23.2 Å². The number of aliphatic hydroxyl groups is 1. The van der Waals surface area contributed by atoms with Gasteiger partial charge in [-0.2, -0.15) is 0 Å². The van der Waals surface area contributed by atoms with Gasteiger partial charge in [0.2, 0.25) is 0 Å². The van der Waals surface area contributed by atoms with E-state index in [1.165, 1.54) is 43.3 Å². The van der Waals surface area contributed by atoms with E-state index in [0.717, 1.165) is 19.3 Å². The maximum atomic E-state index is 11.2. The van der Waals surface area contributed by atoms with Crippen molar-refractivity contribution in [3.05, 3.63) is 35.5 Å². The van der Waals surface area contributed by atoms with Crippen molar-refractivity contribution in [1.29, 1.82) is 0 Å². The normalized spacial score (nSPS) is 31.9. The zero-order valence-corrected chi connectivity index (χ0v) is 33.0. The van der Waals surface area contributed by atoms with Crippen molar-refractivity contribution in [3.8, 4) is 0 Å². The molecule has 0 aromatic heterocycles. The fourth-order valence-corrected chi connectivity index (χ4v) is 10.1. The molecule has 3 aliphatic carbocycles. The molecule has 1 unspecified atom stereocenters. The summed E-state index contributed by atoms with van der Waals surface area (Å²) in [6.45, 7) is 34.2. The number of fused-ring (bicyclic) bond motifs is 1. The molecular weight excluding hydrogens is 577 g/mol. The van der Waals surface area contributed by atoms with Crippen LogP contribution in [-0.4, -0.2) is 51.0 Å². The second kappa shape index (κ2) is 13.5. The SMILES string of the molecule is C=C1/C(=C\C=C2/CCC[C@@]3(C)C2CC[C@@H]3[C@H](C)OCCC(C)(C)O)C[C@@H](O[Si](C)(C)C(C)(C)C)C[C@@H]1CC(C)(C)[Si](C)(C)O. The van der Waals surface area contributed by atoms with E-state index >= 15 is 0 Å². The Labute approximate surface area is 274 Å². The molecule has 3 saturated carbocycles. The summed E-state index contributed by atoms with van der Waals surface area (Å²) < 4.78 is 13.4. The summed E-state index contributed by atoms with van der Waals surface area (Å²) in [4.78, 5) is 11.2. The van der Waals surface area contributed by atoms with Crippen LogP contribution >= 0.6 is 0 Å². The minimum absolute atomic E-state index is 0.0984. The summed E-state index contributed by atoms with van der Waals surface area (Å²) in [5.74, 6) is 1.48. The van der Waals surface area contributed by atoms with Crippen molar-refractivity contribution in [2.75, 3.05) is 6.61 Å². The standard InChI is InChI=1S/C38H70O4Si2/c1-27-30(24-32(42-44(13,14)35(3,4)5)25-31(27)26-37(8,9)43(11,12)40)18-17-29-16-15-21-38(10)33(19-20-34(29)38)28(2)41-23-22-36(6,7)39/h17-18,28,31-34,39-40H,1,15-16,19-26H2,2-14H3/b29-17+,30-18-/t28-,31+,32+,33+,34?,38+/m0/s1. The smallest absolute Gasteiger partial charge is 0.192 e. The van der Waals surface area contributed by atoms with Crippen molar-refractivity contribution in [1.82, 2.24) is 0 Å². The maximum Gasteiger partial charge on any atom is 0.192 e. The minimum Gasteiger partial charge on any atom is -0.432 e. The molecule has 0 aliphatic heterocycles. The lowest BCUT2D eigenvalue weighted by Crippen LogP contribution is -2.46. The van der Waals surface area contributed by atoms with Crippen LogP contribution in [0.3, 0.4) is 0 Å². The van der Waals surface area contributed by atoms with Gasteiger partial charge in [-0.25, -0.2) is 0 Å². The van der Waals surface area contributed by atoms with E-state index in [0.29, 0.717) is 30.8 Å². The van der Waals surface area contributed by atoms with Crippen LogP contribution in [-0.2, 0) is 9.16 Å². The first-order valence-corrected chi connectivity index (χ1v) is 23.6. The van der Waals surface area contributed by atoms with Crippen molar-refractivity contribution < 1.29 is 19.1 Å². The molecular formula is C38H70O4Si2. The van der Waals surface area contributed by atoms with E-state index in [1.54, 1.807) is 5.57 Å². The number of ether oxygens (including phenoxy) is 1. The quantitative estimate of drug-likeness (QED) is 0.219. The molecule has 3 rings (SSSR count). The molecule has 2 N–H and O–H groups in total. The third kappa shape index (κ3) is 8.89. The topological polar surface area (TPSA) is 58.9 Å². The van der Waals surface area contributed by atoms with E-state index < -0.39 is 22.2 Å². The molecule has 4 nitrogen and oxygen atoms in total. The summed E-state index contributed by atoms with van der Waals surface area (Å²) in [7, 11) is -4.28. The van der Waals surface area contributed by atoms with Gasteiger partial charge in [0.15, 0.2) is 16.6 Å². The highest BCUT2D eigenvalue weighted by Gasteiger charge is 2.51. The molecule has 0 saturated heterocycles. The summed E-state index contributed by atoms with van der Waals surface area (Å²) in [6, 6.07) is 0. The molecule has 0 spiro atoms. The Hall–Kier alpha value is -0.506. The second-order valence-corrected chi connectivity index (χ2v) is 27.7. The molecule has 6 atom stereocenters. The molecule has 3 aliphatic rings. The highest BCUT2D eigenvalue weighted by atomic mass is 28.4. The molecule has 0 aromatic carbocycles. The average molecular weight is 647 g/mol. The third-order valence-electron chi connectivity index (χ3n) is 12.8. The zero-order chi connectivity index (χ0) is 33.5. The molecule has 254 valence electrons. The van der Waals surface area contributed by atoms with Crippen LogP contribution in [0.5, 0.6) is 0 Å². The molecule has 0 heterocycles. The van der Waals surface area contributed by atoms with Gasteiger partial charge in [-0.05, 0) is 149 Å². The van der Waals surface area contributed by atoms with Crippen molar-refractivity contribution in [3.63, 3.8) is 0 Å². The number of hydrogen-bond acceptors (Lipinski definition) is 4. The second-order valence-electron chi connectivity index (χ2n) is 18.5. The Kier molecular flexibility index (Phi) is 11.7. The van der Waals surface area contributed by atoms with E-state index in [9.17, 15) is 9.90 Å². The monoisotopic (exact) mass is 646 g/mol. The van der Waals surface area contributed by atoms with Gasteiger partial charge in [0.1, 0.15) is 0 Å². The Bertz CT molecular complexity index is 1070. The highest BCUT2D eigenvalue weighted by molar-refractivity contribution is 6.74. The zero-order valence-electron chi connectivity index (χ0n) is 31.0. The molecule has 44 heavy (non-hydrogen) atoms. The fourth-order valence-electron chi connectivity index (χ4n) is 7.98. The largest absolute Gasteiger partial charge is 0.432 e. The Morgan fingerprint density at radius 2 is 1.68 bits per heavy atom. The van der Waals surface area contributed by atoms with Gasteiger partial charge in [0.25, 0.3) is 0 Å². The first-order valence-electron chi connectivity index (χ1n) is 17.7. The Morgan fingerprint density at radius 1 is 1.05 bits per heavy atom. The fraction of sp³-hybridized carbons (Fsp3) is 0.842. The van der Waals surface area contributed by atoms with Crippen LogP contribution in [0.1, 0.15) is 120 Å². The molecule has 0 aromatic rings. The van der Waals surface area contributed by atoms with Gasteiger partial charge >= 0.3 is 0 Å². The predicted molar refractivity (Wildman–Crippen MR) is 193 cm³/mol. The molecule has 0 radical (unpaired) electrons. The van der Waals surface area contributed by atoms with E-state index in [1.807, 2.05) is 13.8 Å². The van der Waals surface area contributed by atoms with E-state index in [2.05, 4.69) is 86.8 Å². The van der Waals surface area contributed by atoms with Crippen LogP contribution in [0.4, 0.5) is 0 Å². The van der Waals surface area contributed by atoms with Crippen LogP contribution in [0.2, 0.25) is 36.3 Å². The van der Waals surface area contributed by atoms with Crippen molar-refractivity contribution >= 4 is 16.6 Å². The summed E-state index contributed by atoms with van der Waals surface area (Å²) in [6.07, 6.45) is 15.0. The van der Waals surface area contributed by atoms with Gasteiger partial charge in [-0.15, -0.1) is 0 Å². The Morgan fingerprint density at radius 3 is 2.25 bits per heavy atom. The first-order chi connectivity index (χ1) is 19.9. The lowest BCUT2D eigenvalue weighted by atomic mass is 9.62. The van der Waals surface area contributed by atoms with Crippen molar-refractivity contribution in [2.45, 2.75) is 174 Å². The van der Waals surface area contributed by atoms with Gasteiger partial charge in [-0.1, -0.05) is 65.8 Å². The van der Waals surface area contributed by atoms with Gasteiger partial charge in [-0.3, -0.25) is 0 Å². The van der Waals surface area contributed by atoms with Crippen molar-refractivity contribution in [2.24, 2.45) is 23.2 Å². The lowest BCUT2D eigenvalue weighted by molar-refractivity contribution is -0.0454. The third-order valence-corrected chi connectivity index (χ3v) is 20.8. The average Bonchev–Trinajstić information content (AvgIpc) is 3.20. The van der Waals surface area contributed by atoms with Gasteiger partial charge < -0.3 is 19.1 Å². The summed E-state index contributed by atoms with van der Waals surface area (Å²) in [5, 5.41) is 10.2. The number of rotatable bonds is 11. The number of allylic oxidation sites excluding steroid dienone is 4. The Balaban J connectivity index is 1.86. The summed E-state index contributed by atoms with van der Waals surface area (Å²) in [5.41, 5.74) is 3.81. The molecule has 6 heteroatoms. The molecule has 0 amide bonds.